The van der Waals surface area contributed by atoms with E-state index in [0.717, 1.165) is 19.6 Å². The number of ether oxygens (including phenoxy) is 1. The topological polar surface area (TPSA) is 50.4 Å². The number of carbonyl (C=O) groups excluding carboxylic acids is 1. The highest BCUT2D eigenvalue weighted by molar-refractivity contribution is 5.81. The summed E-state index contributed by atoms with van der Waals surface area (Å²) in [6, 6.07) is 0.409. The second kappa shape index (κ2) is 5.64. The summed E-state index contributed by atoms with van der Waals surface area (Å²) in [7, 11) is 1.68. The minimum atomic E-state index is -0.359. The summed E-state index contributed by atoms with van der Waals surface area (Å²) < 4.78 is 5.36. The van der Waals surface area contributed by atoms with Gasteiger partial charge in [0, 0.05) is 26.2 Å². The van der Waals surface area contributed by atoms with Crippen molar-refractivity contribution in [1.29, 1.82) is 0 Å². The lowest BCUT2D eigenvalue weighted by Crippen LogP contribution is -2.46. The highest BCUT2D eigenvalue weighted by Gasteiger charge is 2.29. The third-order valence-corrected chi connectivity index (χ3v) is 3.38. The van der Waals surface area contributed by atoms with E-state index < -0.39 is 0 Å². The number of hydrogen-bond donors (Lipinski definition) is 2. The predicted octanol–water partition coefficient (Wildman–Crippen LogP) is 0.773. The first kappa shape index (κ1) is 13.5. The number of nitrogens with one attached hydrogen (secondary N) is 2. The third kappa shape index (κ3) is 3.46. The Balaban J connectivity index is 2.35. The fourth-order valence-corrected chi connectivity index (χ4v) is 1.95. The summed E-state index contributed by atoms with van der Waals surface area (Å²) in [5.41, 5.74) is -0.359. The van der Waals surface area contributed by atoms with Gasteiger partial charge in [0.25, 0.3) is 0 Å². The van der Waals surface area contributed by atoms with E-state index in [2.05, 4.69) is 17.6 Å². The molecule has 1 aliphatic rings. The standard InChI is InChI=1S/C12H24N2O2/c1-9(10-5-6-16-7-10)14-8-12(2,3)11(15)13-4/h9-10,14H,5-8H2,1-4H3,(H,13,15)/t9-,10+/m0/s1. The Morgan fingerprint density at radius 3 is 2.75 bits per heavy atom. The van der Waals surface area contributed by atoms with Crippen LogP contribution >= 0.6 is 0 Å². The van der Waals surface area contributed by atoms with Crippen molar-refractivity contribution in [2.75, 3.05) is 26.8 Å². The number of hydrogen-bond acceptors (Lipinski definition) is 3. The molecule has 0 aromatic heterocycles. The van der Waals surface area contributed by atoms with Crippen LogP contribution in [0.3, 0.4) is 0 Å². The van der Waals surface area contributed by atoms with Crippen molar-refractivity contribution in [3.05, 3.63) is 0 Å². The monoisotopic (exact) mass is 228 g/mol. The quantitative estimate of drug-likeness (QED) is 0.731. The summed E-state index contributed by atoms with van der Waals surface area (Å²) in [4.78, 5) is 11.6. The van der Waals surface area contributed by atoms with Crippen molar-refractivity contribution < 1.29 is 9.53 Å². The molecule has 0 aromatic carbocycles. The predicted molar refractivity (Wildman–Crippen MR) is 64.2 cm³/mol. The second-order valence-corrected chi connectivity index (χ2v) is 5.26. The summed E-state index contributed by atoms with van der Waals surface area (Å²) >= 11 is 0. The average molecular weight is 228 g/mol. The molecule has 94 valence electrons. The molecule has 0 bridgehead atoms. The molecule has 0 radical (unpaired) electrons. The Labute approximate surface area is 98.1 Å². The first-order chi connectivity index (χ1) is 7.47. The number of amides is 1. The van der Waals surface area contributed by atoms with Gasteiger partial charge in [0.15, 0.2) is 0 Å². The lowest BCUT2D eigenvalue weighted by atomic mass is 9.91. The molecule has 1 rings (SSSR count). The first-order valence-corrected chi connectivity index (χ1v) is 6.00. The van der Waals surface area contributed by atoms with Crippen LogP contribution in [0.25, 0.3) is 0 Å². The molecule has 1 saturated heterocycles. The molecule has 4 nitrogen and oxygen atoms in total. The SMILES string of the molecule is CNC(=O)C(C)(C)CN[C@@H](C)[C@@H]1CCOC1. The van der Waals surface area contributed by atoms with Crippen LogP contribution in [0.15, 0.2) is 0 Å². The van der Waals surface area contributed by atoms with Crippen molar-refractivity contribution in [2.45, 2.75) is 33.2 Å². The minimum Gasteiger partial charge on any atom is -0.381 e. The Kier molecular flexibility index (Phi) is 4.74. The van der Waals surface area contributed by atoms with Gasteiger partial charge in [-0.3, -0.25) is 4.79 Å². The van der Waals surface area contributed by atoms with E-state index in [1.54, 1.807) is 7.05 Å². The van der Waals surface area contributed by atoms with Gasteiger partial charge in [0.2, 0.25) is 5.91 Å². The van der Waals surface area contributed by atoms with Crippen molar-refractivity contribution in [3.63, 3.8) is 0 Å². The van der Waals surface area contributed by atoms with Crippen LogP contribution in [0.2, 0.25) is 0 Å². The zero-order chi connectivity index (χ0) is 12.2. The zero-order valence-electron chi connectivity index (χ0n) is 10.8. The summed E-state index contributed by atoms with van der Waals surface area (Å²) in [6.45, 7) is 8.49. The molecule has 0 saturated carbocycles. The zero-order valence-corrected chi connectivity index (χ0v) is 10.8. The fourth-order valence-electron chi connectivity index (χ4n) is 1.95. The molecule has 1 aliphatic heterocycles. The highest BCUT2D eigenvalue weighted by atomic mass is 16.5. The molecular formula is C12H24N2O2. The normalized spacial score (nSPS) is 23.1. The van der Waals surface area contributed by atoms with Crippen LogP contribution in [-0.4, -0.2) is 38.8 Å². The van der Waals surface area contributed by atoms with E-state index in [9.17, 15) is 4.79 Å². The largest absolute Gasteiger partial charge is 0.381 e. The molecule has 0 spiro atoms. The van der Waals surface area contributed by atoms with Crippen LogP contribution in [0, 0.1) is 11.3 Å². The van der Waals surface area contributed by atoms with Gasteiger partial charge < -0.3 is 15.4 Å². The lowest BCUT2D eigenvalue weighted by Gasteiger charge is -2.27. The third-order valence-electron chi connectivity index (χ3n) is 3.38. The summed E-state index contributed by atoms with van der Waals surface area (Å²) in [5.74, 6) is 0.662. The Morgan fingerprint density at radius 1 is 1.56 bits per heavy atom. The van der Waals surface area contributed by atoms with Gasteiger partial charge in [-0.15, -0.1) is 0 Å². The van der Waals surface area contributed by atoms with Gasteiger partial charge in [0.1, 0.15) is 0 Å². The highest BCUT2D eigenvalue weighted by Crippen LogP contribution is 2.18. The Bertz CT molecular complexity index is 235. The van der Waals surface area contributed by atoms with E-state index in [4.69, 9.17) is 4.74 Å². The molecule has 0 unspecified atom stereocenters. The molecule has 1 amide bonds. The van der Waals surface area contributed by atoms with E-state index in [1.165, 1.54) is 0 Å². The Morgan fingerprint density at radius 2 is 2.25 bits per heavy atom. The fraction of sp³-hybridized carbons (Fsp3) is 0.917. The molecule has 16 heavy (non-hydrogen) atoms. The van der Waals surface area contributed by atoms with Gasteiger partial charge in [0.05, 0.1) is 12.0 Å². The number of carbonyl (C=O) groups is 1. The van der Waals surface area contributed by atoms with Gasteiger partial charge >= 0.3 is 0 Å². The van der Waals surface area contributed by atoms with Gasteiger partial charge in [-0.25, -0.2) is 0 Å². The maximum Gasteiger partial charge on any atom is 0.226 e. The van der Waals surface area contributed by atoms with E-state index in [0.29, 0.717) is 18.5 Å². The van der Waals surface area contributed by atoms with Gasteiger partial charge in [-0.2, -0.15) is 0 Å². The molecular weight excluding hydrogens is 204 g/mol. The van der Waals surface area contributed by atoms with Crippen molar-refractivity contribution >= 4 is 5.91 Å². The minimum absolute atomic E-state index is 0.0786. The van der Waals surface area contributed by atoms with Crippen molar-refractivity contribution in [1.82, 2.24) is 10.6 Å². The first-order valence-electron chi connectivity index (χ1n) is 6.00. The molecule has 4 heteroatoms. The van der Waals surface area contributed by atoms with E-state index in [-0.39, 0.29) is 11.3 Å². The van der Waals surface area contributed by atoms with Crippen LogP contribution in [0.4, 0.5) is 0 Å². The summed E-state index contributed by atoms with van der Waals surface area (Å²) in [6.07, 6.45) is 1.12. The van der Waals surface area contributed by atoms with E-state index >= 15 is 0 Å². The molecule has 0 aliphatic carbocycles. The molecule has 2 N–H and O–H groups in total. The van der Waals surface area contributed by atoms with E-state index in [1.807, 2.05) is 13.8 Å². The van der Waals surface area contributed by atoms with Crippen LogP contribution in [0.5, 0.6) is 0 Å². The van der Waals surface area contributed by atoms with Crippen LogP contribution in [0.1, 0.15) is 27.2 Å². The summed E-state index contributed by atoms with van der Waals surface area (Å²) in [5, 5.41) is 6.13. The molecule has 1 fully saturated rings. The second-order valence-electron chi connectivity index (χ2n) is 5.26. The number of rotatable bonds is 5. The van der Waals surface area contributed by atoms with Crippen LogP contribution in [-0.2, 0) is 9.53 Å². The van der Waals surface area contributed by atoms with Gasteiger partial charge in [-0.1, -0.05) is 0 Å². The average Bonchev–Trinajstić information content (AvgIpc) is 2.78. The molecule has 0 aromatic rings. The lowest BCUT2D eigenvalue weighted by molar-refractivity contribution is -0.128. The smallest absolute Gasteiger partial charge is 0.226 e. The molecule has 2 atom stereocenters. The molecule has 1 heterocycles. The van der Waals surface area contributed by atoms with Crippen molar-refractivity contribution in [3.8, 4) is 0 Å². The maximum absolute atomic E-state index is 11.6. The van der Waals surface area contributed by atoms with Crippen molar-refractivity contribution in [2.24, 2.45) is 11.3 Å². The Hall–Kier alpha value is -0.610. The maximum atomic E-state index is 11.6. The van der Waals surface area contributed by atoms with Gasteiger partial charge in [-0.05, 0) is 33.1 Å². The van der Waals surface area contributed by atoms with Crippen LogP contribution < -0.4 is 10.6 Å².